The van der Waals surface area contributed by atoms with Crippen molar-refractivity contribution in [2.24, 2.45) is 0 Å². The van der Waals surface area contributed by atoms with E-state index in [9.17, 15) is 15.0 Å². The van der Waals surface area contributed by atoms with Crippen LogP contribution in [0.25, 0.3) is 0 Å². The summed E-state index contributed by atoms with van der Waals surface area (Å²) < 4.78 is 0. The monoisotopic (exact) mass is 780 g/mol. The lowest BCUT2D eigenvalue weighted by atomic mass is 10.0. The number of hydrogen-bond acceptors (Lipinski definition) is 3. The maximum Gasteiger partial charge on any atom is 0.220 e. The molecule has 0 bridgehead atoms. The van der Waals surface area contributed by atoms with Crippen molar-refractivity contribution >= 4 is 5.91 Å². The zero-order valence-corrected chi connectivity index (χ0v) is 37.1. The highest BCUT2D eigenvalue weighted by molar-refractivity contribution is 5.76. The summed E-state index contributed by atoms with van der Waals surface area (Å²) in [4.78, 5) is 12.4. The van der Waals surface area contributed by atoms with Crippen molar-refractivity contribution in [1.82, 2.24) is 5.32 Å². The summed E-state index contributed by atoms with van der Waals surface area (Å²) >= 11 is 0. The Balaban J connectivity index is 3.61. The van der Waals surface area contributed by atoms with Gasteiger partial charge in [0, 0.05) is 6.42 Å². The molecule has 4 heteroatoms. The molecule has 0 aromatic carbocycles. The molecule has 1 amide bonds. The minimum Gasteiger partial charge on any atom is -0.394 e. The number of aliphatic hydroxyl groups excluding tert-OH is 2. The van der Waals surface area contributed by atoms with Crippen LogP contribution in [-0.4, -0.2) is 34.9 Å². The normalized spacial score (nSPS) is 13.6. The lowest BCUT2D eigenvalue weighted by molar-refractivity contribution is -0.123. The standard InChI is InChI=1S/C52H93NO3/c1-3-5-7-9-11-13-15-17-19-21-23-25-26-28-30-32-34-36-38-40-42-44-46-48-52(56)53-50(49-54)51(55)47-45-43-41-39-37-35-33-31-29-27-24-22-20-18-16-14-12-10-8-6-4-2/h5,7,11,13,17,19,23,25,37,39,45,47,50-51,54-55H,3-4,6,8-10,12,14-16,18,20-22,24,26-36,38,40-44,46,48-49H2,1-2H3,(H,53,56)/b7-5-,13-11-,19-17-,25-23-,39-37+,47-45+. The van der Waals surface area contributed by atoms with E-state index in [0.717, 1.165) is 57.8 Å². The molecule has 0 aromatic heterocycles. The lowest BCUT2D eigenvalue weighted by Crippen LogP contribution is -2.45. The van der Waals surface area contributed by atoms with Crippen molar-refractivity contribution < 1.29 is 15.0 Å². The van der Waals surface area contributed by atoms with Gasteiger partial charge in [0.1, 0.15) is 0 Å². The summed E-state index contributed by atoms with van der Waals surface area (Å²) in [7, 11) is 0. The second kappa shape index (κ2) is 47.2. The van der Waals surface area contributed by atoms with Gasteiger partial charge < -0.3 is 15.5 Å². The number of rotatable bonds is 43. The Morgan fingerprint density at radius 3 is 1.25 bits per heavy atom. The van der Waals surface area contributed by atoms with Gasteiger partial charge in [0.15, 0.2) is 0 Å². The number of aliphatic hydroxyl groups is 2. The SMILES string of the molecule is CC/C=C\C/C=C\C/C=C\C/C=C\CCCCCCCCCCCCC(=O)NC(CO)C(O)/C=C/CC/C=C/CCCCCCCCCCCCCCCCC. The number of hydrogen-bond donors (Lipinski definition) is 3. The topological polar surface area (TPSA) is 69.6 Å². The van der Waals surface area contributed by atoms with Crippen LogP contribution < -0.4 is 5.32 Å². The fraction of sp³-hybridized carbons (Fsp3) is 0.750. The molecule has 4 nitrogen and oxygen atoms in total. The average molecular weight is 780 g/mol. The molecule has 0 fully saturated rings. The summed E-state index contributed by atoms with van der Waals surface area (Å²) in [5.74, 6) is -0.0801. The van der Waals surface area contributed by atoms with Crippen molar-refractivity contribution in [2.45, 2.75) is 244 Å². The van der Waals surface area contributed by atoms with Gasteiger partial charge in [0.2, 0.25) is 5.91 Å². The highest BCUT2D eigenvalue weighted by Gasteiger charge is 2.17. The third kappa shape index (κ3) is 43.0. The van der Waals surface area contributed by atoms with Gasteiger partial charge in [0.25, 0.3) is 0 Å². The predicted octanol–water partition coefficient (Wildman–Crippen LogP) is 15.5. The molecule has 0 radical (unpaired) electrons. The van der Waals surface area contributed by atoms with Crippen LogP contribution in [-0.2, 0) is 4.79 Å². The van der Waals surface area contributed by atoms with Crippen LogP contribution >= 0.6 is 0 Å². The minimum absolute atomic E-state index is 0.0801. The van der Waals surface area contributed by atoms with E-state index in [1.807, 2.05) is 6.08 Å². The molecule has 3 N–H and O–H groups in total. The number of carbonyl (C=O) groups is 1. The van der Waals surface area contributed by atoms with Gasteiger partial charge >= 0.3 is 0 Å². The van der Waals surface area contributed by atoms with Crippen LogP contribution in [0.1, 0.15) is 232 Å². The molecule has 0 aliphatic carbocycles. The van der Waals surface area contributed by atoms with E-state index < -0.39 is 12.1 Å². The van der Waals surface area contributed by atoms with Gasteiger partial charge in [-0.1, -0.05) is 228 Å². The Morgan fingerprint density at radius 2 is 0.804 bits per heavy atom. The first-order chi connectivity index (χ1) is 27.7. The summed E-state index contributed by atoms with van der Waals surface area (Å²) in [5.41, 5.74) is 0. The van der Waals surface area contributed by atoms with Crippen molar-refractivity contribution in [3.63, 3.8) is 0 Å². The zero-order chi connectivity index (χ0) is 40.7. The Bertz CT molecular complexity index is 977. The van der Waals surface area contributed by atoms with Crippen molar-refractivity contribution in [1.29, 1.82) is 0 Å². The number of carbonyl (C=O) groups excluding carboxylic acids is 1. The molecular weight excluding hydrogens is 687 g/mol. The first kappa shape index (κ1) is 53.8. The van der Waals surface area contributed by atoms with Crippen LogP contribution in [0.4, 0.5) is 0 Å². The minimum atomic E-state index is -0.868. The molecule has 0 saturated heterocycles. The molecule has 0 aliphatic heterocycles. The average Bonchev–Trinajstić information content (AvgIpc) is 3.20. The summed E-state index contributed by atoms with van der Waals surface area (Å²) in [6.45, 7) is 4.19. The Morgan fingerprint density at radius 1 is 0.446 bits per heavy atom. The van der Waals surface area contributed by atoms with Crippen molar-refractivity contribution in [3.05, 3.63) is 72.9 Å². The van der Waals surface area contributed by atoms with Crippen LogP contribution in [0.15, 0.2) is 72.9 Å². The van der Waals surface area contributed by atoms with E-state index >= 15 is 0 Å². The van der Waals surface area contributed by atoms with E-state index in [1.54, 1.807) is 6.08 Å². The van der Waals surface area contributed by atoms with Crippen LogP contribution in [0.3, 0.4) is 0 Å². The van der Waals surface area contributed by atoms with Crippen LogP contribution in [0.2, 0.25) is 0 Å². The van der Waals surface area contributed by atoms with Gasteiger partial charge in [-0.3, -0.25) is 4.79 Å². The molecule has 2 unspecified atom stereocenters. The first-order valence-electron chi connectivity index (χ1n) is 24.2. The molecule has 0 aromatic rings. The number of unbranched alkanes of at least 4 members (excludes halogenated alkanes) is 26. The highest BCUT2D eigenvalue weighted by atomic mass is 16.3. The predicted molar refractivity (Wildman–Crippen MR) is 248 cm³/mol. The van der Waals surface area contributed by atoms with E-state index in [0.29, 0.717) is 6.42 Å². The summed E-state index contributed by atoms with van der Waals surface area (Å²) in [5, 5.41) is 23.1. The Hall–Kier alpha value is -2.17. The quantitative estimate of drug-likeness (QED) is 0.0426. The van der Waals surface area contributed by atoms with Gasteiger partial charge in [-0.2, -0.15) is 0 Å². The van der Waals surface area contributed by atoms with E-state index in [4.69, 9.17) is 0 Å². The zero-order valence-electron chi connectivity index (χ0n) is 37.1. The van der Waals surface area contributed by atoms with Gasteiger partial charge in [-0.05, 0) is 70.6 Å². The van der Waals surface area contributed by atoms with Gasteiger partial charge in [0.05, 0.1) is 18.8 Å². The molecule has 2 atom stereocenters. The largest absolute Gasteiger partial charge is 0.394 e. The Kier molecular flexibility index (Phi) is 45.4. The molecule has 0 saturated carbocycles. The van der Waals surface area contributed by atoms with Crippen LogP contribution in [0.5, 0.6) is 0 Å². The highest BCUT2D eigenvalue weighted by Crippen LogP contribution is 2.15. The second-order valence-corrected chi connectivity index (χ2v) is 16.1. The smallest absolute Gasteiger partial charge is 0.220 e. The summed E-state index contributed by atoms with van der Waals surface area (Å²) in [6.07, 6.45) is 67.4. The summed E-state index contributed by atoms with van der Waals surface area (Å²) in [6, 6.07) is -0.645. The van der Waals surface area contributed by atoms with Gasteiger partial charge in [-0.25, -0.2) is 0 Å². The third-order valence-electron chi connectivity index (χ3n) is 10.7. The van der Waals surface area contributed by atoms with E-state index in [-0.39, 0.29) is 12.5 Å². The second-order valence-electron chi connectivity index (χ2n) is 16.1. The van der Waals surface area contributed by atoms with Gasteiger partial charge in [-0.15, -0.1) is 0 Å². The van der Waals surface area contributed by atoms with E-state index in [1.165, 1.54) is 154 Å². The van der Waals surface area contributed by atoms with Crippen LogP contribution in [0, 0.1) is 0 Å². The third-order valence-corrected chi connectivity index (χ3v) is 10.7. The molecular formula is C52H93NO3. The maximum absolute atomic E-state index is 12.4. The fourth-order valence-corrected chi connectivity index (χ4v) is 7.01. The van der Waals surface area contributed by atoms with Crippen molar-refractivity contribution in [2.75, 3.05) is 6.61 Å². The molecule has 0 spiro atoms. The van der Waals surface area contributed by atoms with E-state index in [2.05, 4.69) is 79.9 Å². The number of allylic oxidation sites excluding steroid dienone is 11. The fourth-order valence-electron chi connectivity index (χ4n) is 7.01. The number of amides is 1. The number of nitrogens with one attached hydrogen (secondary N) is 1. The molecule has 56 heavy (non-hydrogen) atoms. The lowest BCUT2D eigenvalue weighted by Gasteiger charge is -2.19. The molecule has 0 aliphatic rings. The molecule has 324 valence electrons. The first-order valence-corrected chi connectivity index (χ1v) is 24.2. The maximum atomic E-state index is 12.4. The molecule has 0 heterocycles. The molecule has 0 rings (SSSR count). The Labute approximate surface area is 349 Å². The van der Waals surface area contributed by atoms with Crippen molar-refractivity contribution in [3.8, 4) is 0 Å².